The first-order chi connectivity index (χ1) is 23.5. The third kappa shape index (κ3) is 7.75. The molecule has 6 rings (SSSR count). The molecule has 9 nitrogen and oxygen atoms in total. The number of pyridine rings is 1. The molecular weight excluding hydrogens is 678 g/mol. The Hall–Kier alpha value is -4.57. The summed E-state index contributed by atoms with van der Waals surface area (Å²) in [6.45, 7) is -0.124. The average molecular weight is 712 g/mol. The number of benzene rings is 2. The molecule has 2 fully saturated rings. The molecule has 2 aromatic heterocycles. The molecule has 2 aliphatic rings. The fourth-order valence-electron chi connectivity index (χ4n) is 7.27. The molecule has 0 radical (unpaired) electrons. The zero-order chi connectivity index (χ0) is 36.0. The Labute approximate surface area is 280 Å². The first-order valence-electron chi connectivity index (χ1n) is 16.1. The lowest BCUT2D eigenvalue weighted by atomic mass is 9.76. The number of nitrogens with zero attached hydrogens (tertiary/aromatic N) is 7. The smallest absolute Gasteiger partial charge is 0.416 e. The third-order valence-corrected chi connectivity index (χ3v) is 9.55. The minimum absolute atomic E-state index is 0.0179. The Bertz CT molecular complexity index is 1840. The fraction of sp³-hybridized carbons (Fsp3) is 0.485. The van der Waals surface area contributed by atoms with E-state index < -0.39 is 47.6 Å². The molecule has 1 atom stereocenters. The Morgan fingerprint density at radius 1 is 0.900 bits per heavy atom. The number of alkyl halides is 6. The van der Waals surface area contributed by atoms with Crippen LogP contribution in [0.15, 0.2) is 36.4 Å². The van der Waals surface area contributed by atoms with Crippen LogP contribution in [0.25, 0.3) is 10.9 Å². The number of fused-ring (bicyclic) bond motifs is 1. The van der Waals surface area contributed by atoms with Gasteiger partial charge in [0.1, 0.15) is 5.82 Å². The number of hydrogen-bond acceptors (Lipinski definition) is 7. The molecule has 1 aliphatic heterocycles. The predicted molar refractivity (Wildman–Crippen MR) is 165 cm³/mol. The normalized spacial score (nSPS) is 20.1. The summed E-state index contributed by atoms with van der Waals surface area (Å²) in [5, 5.41) is 21.4. The third-order valence-electron chi connectivity index (χ3n) is 9.55. The molecule has 1 saturated carbocycles. The van der Waals surface area contributed by atoms with Crippen molar-refractivity contribution < 1.29 is 45.0 Å². The molecule has 4 aromatic rings. The number of hydrogen-bond donors (Lipinski definition) is 1. The van der Waals surface area contributed by atoms with Crippen LogP contribution in [0.3, 0.4) is 0 Å². The van der Waals surface area contributed by atoms with Gasteiger partial charge in [-0.2, -0.15) is 31.1 Å². The van der Waals surface area contributed by atoms with Crippen molar-refractivity contribution in [1.82, 2.24) is 25.2 Å². The molecule has 3 heterocycles. The molecule has 17 heteroatoms. The highest BCUT2D eigenvalue weighted by Gasteiger charge is 2.39. The Morgan fingerprint density at radius 2 is 1.56 bits per heavy atom. The molecule has 268 valence electrons. The molecule has 0 unspecified atom stereocenters. The zero-order valence-corrected chi connectivity index (χ0v) is 26.8. The summed E-state index contributed by atoms with van der Waals surface area (Å²) in [6, 6.07) is 4.83. The summed E-state index contributed by atoms with van der Waals surface area (Å²) >= 11 is 0. The molecule has 0 amide bonds. The number of aliphatic carboxylic acids is 1. The second-order valence-electron chi connectivity index (χ2n) is 13.1. The molecule has 1 saturated heterocycles. The van der Waals surface area contributed by atoms with Gasteiger partial charge in [-0.1, -0.05) is 5.10 Å². The van der Waals surface area contributed by atoms with Gasteiger partial charge in [-0.3, -0.25) is 4.79 Å². The number of anilines is 2. The van der Waals surface area contributed by atoms with Crippen LogP contribution in [0.2, 0.25) is 0 Å². The molecule has 0 spiro atoms. The molecule has 1 aliphatic carbocycles. The number of carboxylic acids is 1. The standard InChI is InChI=1S/C33H33F8N7O2/c1-46-44-31(43-45-46)47(16-19-9-23(32(36,37)38)14-24(10-19)33(39,40)41)17-22-12-21-13-25(34)26(35)15-27(21)42-30(22)48-8-2-3-28(48)20-6-4-18(5-7-20)11-29(49)50/h9-10,12-15,18,20,28H,2-8,11,16-17H2,1H3,(H,49,50)/t18-,20-,28-/m1/s1. The van der Waals surface area contributed by atoms with Crippen LogP contribution in [-0.2, 0) is 37.3 Å². The molecule has 0 bridgehead atoms. The molecule has 2 aromatic carbocycles. The number of rotatable bonds is 9. The van der Waals surface area contributed by atoms with Crippen LogP contribution in [0, 0.1) is 23.5 Å². The first kappa shape index (κ1) is 35.3. The van der Waals surface area contributed by atoms with Gasteiger partial charge in [-0.15, -0.1) is 5.10 Å². The van der Waals surface area contributed by atoms with Crippen molar-refractivity contribution in [2.75, 3.05) is 16.3 Å². The number of aryl methyl sites for hydroxylation is 1. The predicted octanol–water partition coefficient (Wildman–Crippen LogP) is 7.53. The van der Waals surface area contributed by atoms with E-state index in [1.54, 1.807) is 6.07 Å². The van der Waals surface area contributed by atoms with Crippen LogP contribution in [0.1, 0.15) is 67.2 Å². The fourth-order valence-corrected chi connectivity index (χ4v) is 7.27. The maximum atomic E-state index is 14.4. The highest BCUT2D eigenvalue weighted by Crippen LogP contribution is 2.41. The highest BCUT2D eigenvalue weighted by atomic mass is 19.4. The van der Waals surface area contributed by atoms with Gasteiger partial charge in [-0.05, 0) is 91.5 Å². The Kier molecular flexibility index (Phi) is 9.61. The number of halogens is 8. The second kappa shape index (κ2) is 13.6. The molecule has 1 N–H and O–H groups in total. The zero-order valence-electron chi connectivity index (χ0n) is 26.8. The van der Waals surface area contributed by atoms with E-state index in [4.69, 9.17) is 4.98 Å². The first-order valence-corrected chi connectivity index (χ1v) is 16.1. The summed E-state index contributed by atoms with van der Waals surface area (Å²) < 4.78 is 111. The second-order valence-corrected chi connectivity index (χ2v) is 13.1. The van der Waals surface area contributed by atoms with Gasteiger partial charge in [0.2, 0.25) is 0 Å². The van der Waals surface area contributed by atoms with Gasteiger partial charge < -0.3 is 14.9 Å². The minimum atomic E-state index is -5.06. The summed E-state index contributed by atoms with van der Waals surface area (Å²) in [6.07, 6.45) is -5.37. The van der Waals surface area contributed by atoms with Crippen LogP contribution in [-0.4, -0.2) is 48.9 Å². The summed E-state index contributed by atoms with van der Waals surface area (Å²) in [4.78, 5) is 20.6. The maximum absolute atomic E-state index is 14.4. The SMILES string of the molecule is Cn1nnc(N(Cc2cc(C(F)(F)F)cc(C(F)(F)F)c2)Cc2cc3cc(F)c(F)cc3nc2N2CCC[C@@H]2[C@H]2CC[C@H](CC(=O)O)CC2)n1. The van der Waals surface area contributed by atoms with Gasteiger partial charge in [0.05, 0.1) is 23.7 Å². The van der Waals surface area contributed by atoms with Crippen molar-refractivity contribution in [3.63, 3.8) is 0 Å². The summed E-state index contributed by atoms with van der Waals surface area (Å²) in [5.74, 6) is -2.47. The van der Waals surface area contributed by atoms with Gasteiger partial charge in [-0.25, -0.2) is 13.8 Å². The number of carboxylic acid groups (broad SMARTS) is 1. The number of carbonyl (C=O) groups is 1. The van der Waals surface area contributed by atoms with Gasteiger partial charge in [0.25, 0.3) is 5.95 Å². The maximum Gasteiger partial charge on any atom is 0.416 e. The molecule has 50 heavy (non-hydrogen) atoms. The Morgan fingerprint density at radius 3 is 2.16 bits per heavy atom. The van der Waals surface area contributed by atoms with Gasteiger partial charge in [0.15, 0.2) is 11.6 Å². The lowest BCUT2D eigenvalue weighted by Gasteiger charge is -2.38. The summed E-state index contributed by atoms with van der Waals surface area (Å²) in [5.41, 5.74) is -2.67. The largest absolute Gasteiger partial charge is 0.481 e. The van der Waals surface area contributed by atoms with Crippen molar-refractivity contribution >= 4 is 28.6 Å². The Balaban J connectivity index is 1.40. The van der Waals surface area contributed by atoms with Crippen LogP contribution >= 0.6 is 0 Å². The van der Waals surface area contributed by atoms with Gasteiger partial charge in [0, 0.05) is 49.1 Å². The van der Waals surface area contributed by atoms with Crippen LogP contribution < -0.4 is 9.80 Å². The van der Waals surface area contributed by atoms with E-state index in [0.717, 1.165) is 55.5 Å². The monoisotopic (exact) mass is 711 g/mol. The van der Waals surface area contributed by atoms with Crippen molar-refractivity contribution in [3.05, 3.63) is 70.3 Å². The number of aromatic nitrogens is 5. The van der Waals surface area contributed by atoms with Crippen LogP contribution in [0.4, 0.5) is 46.9 Å². The van der Waals surface area contributed by atoms with Crippen molar-refractivity contribution in [1.29, 1.82) is 0 Å². The van der Waals surface area contributed by atoms with E-state index >= 15 is 0 Å². The van der Waals surface area contributed by atoms with Gasteiger partial charge >= 0.3 is 18.3 Å². The van der Waals surface area contributed by atoms with E-state index in [9.17, 15) is 45.0 Å². The van der Waals surface area contributed by atoms with Crippen LogP contribution in [0.5, 0.6) is 0 Å². The highest BCUT2D eigenvalue weighted by molar-refractivity contribution is 5.82. The van der Waals surface area contributed by atoms with E-state index in [1.165, 1.54) is 11.9 Å². The number of tetrazole rings is 1. The minimum Gasteiger partial charge on any atom is -0.481 e. The quantitative estimate of drug-likeness (QED) is 0.178. The van der Waals surface area contributed by atoms with E-state index in [-0.39, 0.29) is 59.3 Å². The average Bonchev–Trinajstić information content (AvgIpc) is 3.70. The van der Waals surface area contributed by atoms with Crippen molar-refractivity contribution in [2.24, 2.45) is 18.9 Å². The summed E-state index contributed by atoms with van der Waals surface area (Å²) in [7, 11) is 1.45. The van der Waals surface area contributed by atoms with Crippen molar-refractivity contribution in [2.45, 2.75) is 76.4 Å². The topological polar surface area (TPSA) is 100 Å². The van der Waals surface area contributed by atoms with E-state index in [2.05, 4.69) is 20.3 Å². The van der Waals surface area contributed by atoms with E-state index in [1.807, 2.05) is 0 Å². The lowest BCUT2D eigenvalue weighted by Crippen LogP contribution is -2.39. The van der Waals surface area contributed by atoms with Crippen molar-refractivity contribution in [3.8, 4) is 0 Å². The molecular formula is C33H33F8N7O2. The van der Waals surface area contributed by atoms with E-state index in [0.29, 0.717) is 30.1 Å². The lowest BCUT2D eigenvalue weighted by molar-refractivity contribution is -0.143.